The molecule has 0 aliphatic carbocycles. The van der Waals surface area contributed by atoms with Gasteiger partial charge in [-0.15, -0.1) is 0 Å². The molecule has 25 heavy (non-hydrogen) atoms. The number of likely N-dealkylation sites (N-methyl/N-ethyl adjacent to an activating group) is 1. The van der Waals surface area contributed by atoms with Crippen LogP contribution in [-0.4, -0.2) is 39.1 Å². The number of fused-ring (bicyclic) bond motifs is 1. The standard InChI is InChI=1S/C17H19ClN4O3/c1-4-22-12(7-8-19-22)10-21(3)16(24)17(2)15(23)20-13-9-11(18)5-6-14(13)25-17/h5-9H,4,10H2,1-3H3,(H,20,23). The molecule has 0 saturated carbocycles. The monoisotopic (exact) mass is 362 g/mol. The van der Waals surface area contributed by atoms with Crippen molar-refractivity contribution in [3.05, 3.63) is 41.2 Å². The van der Waals surface area contributed by atoms with Gasteiger partial charge in [0.15, 0.2) is 0 Å². The summed E-state index contributed by atoms with van der Waals surface area (Å²) in [6.45, 7) is 4.47. The van der Waals surface area contributed by atoms with Gasteiger partial charge in [-0.3, -0.25) is 14.3 Å². The molecule has 2 aromatic rings. The van der Waals surface area contributed by atoms with Crippen LogP contribution in [0.1, 0.15) is 19.5 Å². The largest absolute Gasteiger partial charge is 0.466 e. The molecule has 1 aliphatic heterocycles. The van der Waals surface area contributed by atoms with Crippen molar-refractivity contribution in [1.29, 1.82) is 0 Å². The Kier molecular flexibility index (Phi) is 4.43. The van der Waals surface area contributed by atoms with Crippen LogP contribution in [0, 0.1) is 0 Å². The number of aryl methyl sites for hydroxylation is 1. The highest BCUT2D eigenvalue weighted by Gasteiger charge is 2.48. The van der Waals surface area contributed by atoms with Crippen LogP contribution in [0.25, 0.3) is 0 Å². The van der Waals surface area contributed by atoms with E-state index >= 15 is 0 Å². The zero-order chi connectivity index (χ0) is 18.2. The average molecular weight is 363 g/mol. The number of rotatable bonds is 4. The Morgan fingerprint density at radius 3 is 2.92 bits per heavy atom. The lowest BCUT2D eigenvalue weighted by molar-refractivity contribution is -0.154. The third kappa shape index (κ3) is 3.07. The van der Waals surface area contributed by atoms with Gasteiger partial charge in [-0.2, -0.15) is 5.10 Å². The van der Waals surface area contributed by atoms with Crippen molar-refractivity contribution in [2.45, 2.75) is 32.5 Å². The number of halogens is 1. The van der Waals surface area contributed by atoms with Crippen molar-refractivity contribution in [2.75, 3.05) is 12.4 Å². The van der Waals surface area contributed by atoms with Crippen molar-refractivity contribution < 1.29 is 14.3 Å². The normalized spacial score (nSPS) is 19.0. The van der Waals surface area contributed by atoms with Gasteiger partial charge < -0.3 is 15.0 Å². The maximum Gasteiger partial charge on any atom is 0.278 e. The quantitative estimate of drug-likeness (QED) is 0.847. The molecule has 0 bridgehead atoms. The van der Waals surface area contributed by atoms with Crippen LogP contribution >= 0.6 is 11.6 Å². The molecular weight excluding hydrogens is 344 g/mol. The highest BCUT2D eigenvalue weighted by Crippen LogP contribution is 2.36. The number of benzene rings is 1. The number of aromatic nitrogens is 2. The molecule has 0 radical (unpaired) electrons. The summed E-state index contributed by atoms with van der Waals surface area (Å²) in [4.78, 5) is 26.9. The predicted molar refractivity (Wildman–Crippen MR) is 93.5 cm³/mol. The van der Waals surface area contributed by atoms with Crippen molar-refractivity contribution in [1.82, 2.24) is 14.7 Å². The summed E-state index contributed by atoms with van der Waals surface area (Å²) >= 11 is 5.93. The minimum Gasteiger partial charge on any atom is -0.466 e. The second-order valence-corrected chi connectivity index (χ2v) is 6.47. The zero-order valence-electron chi connectivity index (χ0n) is 14.2. The molecular formula is C17H19ClN4O3. The molecule has 8 heteroatoms. The van der Waals surface area contributed by atoms with Crippen LogP contribution in [0.5, 0.6) is 5.75 Å². The van der Waals surface area contributed by atoms with E-state index in [1.807, 2.05) is 13.0 Å². The first-order chi connectivity index (χ1) is 11.8. The van der Waals surface area contributed by atoms with Crippen LogP contribution in [0.15, 0.2) is 30.5 Å². The Morgan fingerprint density at radius 1 is 1.44 bits per heavy atom. The van der Waals surface area contributed by atoms with Gasteiger partial charge in [-0.25, -0.2) is 0 Å². The Labute approximate surface area is 150 Å². The summed E-state index contributed by atoms with van der Waals surface area (Å²) in [5.74, 6) is -0.551. The molecule has 1 unspecified atom stereocenters. The second-order valence-electron chi connectivity index (χ2n) is 6.03. The van der Waals surface area contributed by atoms with Gasteiger partial charge in [0, 0.05) is 24.8 Å². The lowest BCUT2D eigenvalue weighted by atomic mass is 10.0. The SMILES string of the molecule is CCn1nccc1CN(C)C(=O)C1(C)Oc2ccc(Cl)cc2NC1=O. The van der Waals surface area contributed by atoms with Gasteiger partial charge in [-0.1, -0.05) is 11.6 Å². The number of carbonyl (C=O) groups excluding carboxylic acids is 2. The van der Waals surface area contributed by atoms with E-state index in [4.69, 9.17) is 16.3 Å². The molecule has 1 aromatic carbocycles. The molecule has 132 valence electrons. The van der Waals surface area contributed by atoms with Gasteiger partial charge in [0.05, 0.1) is 17.9 Å². The van der Waals surface area contributed by atoms with Gasteiger partial charge in [-0.05, 0) is 38.1 Å². The summed E-state index contributed by atoms with van der Waals surface area (Å²) in [6, 6.07) is 6.71. The van der Waals surface area contributed by atoms with E-state index in [9.17, 15) is 9.59 Å². The van der Waals surface area contributed by atoms with Crippen LogP contribution in [0.2, 0.25) is 5.02 Å². The van der Waals surface area contributed by atoms with Gasteiger partial charge >= 0.3 is 0 Å². The van der Waals surface area contributed by atoms with E-state index in [1.54, 1.807) is 36.1 Å². The van der Waals surface area contributed by atoms with Crippen molar-refractivity contribution in [2.24, 2.45) is 0 Å². The lowest BCUT2D eigenvalue weighted by Crippen LogP contribution is -2.58. The molecule has 1 aromatic heterocycles. The summed E-state index contributed by atoms with van der Waals surface area (Å²) in [5.41, 5.74) is -0.313. The molecule has 1 aliphatic rings. The minimum atomic E-state index is -1.65. The van der Waals surface area contributed by atoms with Crippen LogP contribution in [0.4, 0.5) is 5.69 Å². The number of amides is 2. The van der Waals surface area contributed by atoms with Crippen molar-refractivity contribution in [3.8, 4) is 5.75 Å². The van der Waals surface area contributed by atoms with E-state index in [-0.39, 0.29) is 0 Å². The molecule has 1 N–H and O–H groups in total. The molecule has 0 spiro atoms. The van der Waals surface area contributed by atoms with E-state index in [0.717, 1.165) is 5.69 Å². The maximum absolute atomic E-state index is 12.9. The number of hydrogen-bond donors (Lipinski definition) is 1. The maximum atomic E-state index is 12.9. The third-order valence-electron chi connectivity index (χ3n) is 4.20. The van der Waals surface area contributed by atoms with Crippen molar-refractivity contribution in [3.63, 3.8) is 0 Å². The fourth-order valence-electron chi connectivity index (χ4n) is 2.80. The molecule has 3 rings (SSSR count). The average Bonchev–Trinajstić information content (AvgIpc) is 3.02. The fourth-order valence-corrected chi connectivity index (χ4v) is 2.97. The van der Waals surface area contributed by atoms with E-state index in [0.29, 0.717) is 29.5 Å². The van der Waals surface area contributed by atoms with Gasteiger partial charge in [0.2, 0.25) is 0 Å². The zero-order valence-corrected chi connectivity index (χ0v) is 15.0. The Hall–Kier alpha value is -2.54. The van der Waals surface area contributed by atoms with Crippen LogP contribution in [0.3, 0.4) is 0 Å². The molecule has 7 nitrogen and oxygen atoms in total. The first-order valence-corrected chi connectivity index (χ1v) is 8.29. The number of anilines is 1. The van der Waals surface area contributed by atoms with E-state index in [2.05, 4.69) is 10.4 Å². The first kappa shape index (κ1) is 17.3. The van der Waals surface area contributed by atoms with Gasteiger partial charge in [0.1, 0.15) is 5.75 Å². The highest BCUT2D eigenvalue weighted by molar-refractivity contribution is 6.31. The first-order valence-electron chi connectivity index (χ1n) is 7.91. The van der Waals surface area contributed by atoms with E-state index < -0.39 is 17.4 Å². The van der Waals surface area contributed by atoms with E-state index in [1.165, 1.54) is 11.8 Å². The Bertz CT molecular complexity index is 835. The lowest BCUT2D eigenvalue weighted by Gasteiger charge is -2.35. The second kappa shape index (κ2) is 6.40. The number of carbonyl (C=O) groups is 2. The van der Waals surface area contributed by atoms with Crippen molar-refractivity contribution >= 4 is 29.1 Å². The third-order valence-corrected chi connectivity index (χ3v) is 4.43. The summed E-state index contributed by atoms with van der Waals surface area (Å²) in [5, 5.41) is 7.36. The summed E-state index contributed by atoms with van der Waals surface area (Å²) < 4.78 is 7.56. The smallest absolute Gasteiger partial charge is 0.278 e. The minimum absolute atomic E-state index is 0.326. The molecule has 2 heterocycles. The number of hydrogen-bond acceptors (Lipinski definition) is 4. The van der Waals surface area contributed by atoms with Gasteiger partial charge in [0.25, 0.3) is 17.4 Å². The predicted octanol–water partition coefficient (Wildman–Crippen LogP) is 2.30. The summed E-state index contributed by atoms with van der Waals surface area (Å²) in [7, 11) is 1.63. The topological polar surface area (TPSA) is 76.5 Å². The Morgan fingerprint density at radius 2 is 2.20 bits per heavy atom. The molecule has 0 fully saturated rings. The number of nitrogens with one attached hydrogen (secondary N) is 1. The van der Waals surface area contributed by atoms with Crippen LogP contribution in [-0.2, 0) is 22.7 Å². The highest BCUT2D eigenvalue weighted by atomic mass is 35.5. The molecule has 2 amide bonds. The number of ether oxygens (including phenoxy) is 1. The Balaban J connectivity index is 1.83. The summed E-state index contributed by atoms with van der Waals surface area (Å²) in [6.07, 6.45) is 1.68. The fraction of sp³-hybridized carbons (Fsp3) is 0.353. The molecule has 1 atom stereocenters. The van der Waals surface area contributed by atoms with Crippen LogP contribution < -0.4 is 10.1 Å². The number of nitrogens with zero attached hydrogens (tertiary/aromatic N) is 3. The molecule has 0 saturated heterocycles.